The third-order valence-corrected chi connectivity index (χ3v) is 3.63. The van der Waals surface area contributed by atoms with E-state index in [9.17, 15) is 4.79 Å². The number of methoxy groups -OCH3 is 1. The van der Waals surface area contributed by atoms with Crippen molar-refractivity contribution < 1.29 is 14.3 Å². The molecule has 0 aliphatic heterocycles. The number of nitrogens with two attached hydrogens (primary N) is 1. The van der Waals surface area contributed by atoms with Crippen LogP contribution < -0.4 is 10.5 Å². The summed E-state index contributed by atoms with van der Waals surface area (Å²) in [5.74, 6) is 0.110. The Hall–Kier alpha value is -1.72. The molecule has 21 heavy (non-hydrogen) atoms. The summed E-state index contributed by atoms with van der Waals surface area (Å²) in [4.78, 5) is 12.1. The largest absolute Gasteiger partial charge is 0.496 e. The number of anilines is 1. The van der Waals surface area contributed by atoms with Gasteiger partial charge in [0.1, 0.15) is 12.4 Å². The lowest BCUT2D eigenvalue weighted by Gasteiger charge is -2.10. The molecule has 4 nitrogen and oxygen atoms in total. The van der Waals surface area contributed by atoms with Gasteiger partial charge in [0, 0.05) is 15.7 Å². The van der Waals surface area contributed by atoms with Gasteiger partial charge in [-0.2, -0.15) is 0 Å². The van der Waals surface area contributed by atoms with E-state index in [4.69, 9.17) is 26.8 Å². The van der Waals surface area contributed by atoms with Crippen LogP contribution >= 0.6 is 27.5 Å². The van der Waals surface area contributed by atoms with Gasteiger partial charge in [0.05, 0.1) is 17.7 Å². The summed E-state index contributed by atoms with van der Waals surface area (Å²) in [6.45, 7) is 0.0760. The van der Waals surface area contributed by atoms with Gasteiger partial charge in [-0.05, 0) is 36.4 Å². The minimum Gasteiger partial charge on any atom is -0.496 e. The van der Waals surface area contributed by atoms with Crippen molar-refractivity contribution >= 4 is 39.2 Å². The molecule has 0 spiro atoms. The highest BCUT2D eigenvalue weighted by Crippen LogP contribution is 2.25. The summed E-state index contributed by atoms with van der Waals surface area (Å²) in [7, 11) is 1.56. The van der Waals surface area contributed by atoms with Gasteiger partial charge < -0.3 is 15.2 Å². The van der Waals surface area contributed by atoms with Gasteiger partial charge in [-0.1, -0.05) is 27.5 Å². The van der Waals surface area contributed by atoms with Crippen molar-refractivity contribution in [2.24, 2.45) is 0 Å². The third kappa shape index (κ3) is 3.89. The summed E-state index contributed by atoms with van der Waals surface area (Å²) in [5, 5.41) is 0.301. The fourth-order valence-corrected chi connectivity index (χ4v) is 2.38. The van der Waals surface area contributed by atoms with Crippen molar-refractivity contribution in [3.05, 3.63) is 57.0 Å². The Morgan fingerprint density at radius 1 is 1.29 bits per heavy atom. The molecule has 0 amide bonds. The maximum absolute atomic E-state index is 12.1. The van der Waals surface area contributed by atoms with Crippen LogP contribution in [0.1, 0.15) is 15.9 Å². The number of benzene rings is 2. The summed E-state index contributed by atoms with van der Waals surface area (Å²) < 4.78 is 11.4. The van der Waals surface area contributed by atoms with Gasteiger partial charge in [-0.3, -0.25) is 0 Å². The summed E-state index contributed by atoms with van der Waals surface area (Å²) >= 11 is 9.33. The van der Waals surface area contributed by atoms with E-state index < -0.39 is 5.97 Å². The van der Waals surface area contributed by atoms with Crippen LogP contribution in [0.3, 0.4) is 0 Å². The second-order valence-corrected chi connectivity index (χ2v) is 5.59. The first-order valence-corrected chi connectivity index (χ1v) is 7.23. The van der Waals surface area contributed by atoms with Crippen molar-refractivity contribution in [2.45, 2.75) is 6.61 Å². The van der Waals surface area contributed by atoms with E-state index in [1.165, 1.54) is 6.07 Å². The summed E-state index contributed by atoms with van der Waals surface area (Å²) in [5.41, 5.74) is 7.09. The van der Waals surface area contributed by atoms with Crippen LogP contribution in [-0.4, -0.2) is 13.1 Å². The van der Waals surface area contributed by atoms with E-state index in [0.29, 0.717) is 16.5 Å². The van der Waals surface area contributed by atoms with Crippen molar-refractivity contribution in [3.8, 4) is 5.75 Å². The molecule has 110 valence electrons. The van der Waals surface area contributed by atoms with Gasteiger partial charge in [-0.15, -0.1) is 0 Å². The Morgan fingerprint density at radius 2 is 2.05 bits per heavy atom. The molecule has 0 heterocycles. The fraction of sp³-hybridized carbons (Fsp3) is 0.133. The monoisotopic (exact) mass is 369 g/mol. The zero-order valence-corrected chi connectivity index (χ0v) is 13.6. The van der Waals surface area contributed by atoms with Crippen LogP contribution in [0, 0.1) is 0 Å². The Labute approximate surface area is 135 Å². The predicted molar refractivity (Wildman–Crippen MR) is 85.7 cm³/mol. The summed E-state index contributed by atoms with van der Waals surface area (Å²) in [6.07, 6.45) is 0. The zero-order chi connectivity index (χ0) is 15.4. The van der Waals surface area contributed by atoms with Gasteiger partial charge in [0.2, 0.25) is 0 Å². The minimum absolute atomic E-state index is 0.0760. The minimum atomic E-state index is -0.533. The van der Waals surface area contributed by atoms with Gasteiger partial charge in [-0.25, -0.2) is 4.79 Å². The lowest BCUT2D eigenvalue weighted by molar-refractivity contribution is 0.0470. The molecule has 0 unspecified atom stereocenters. The van der Waals surface area contributed by atoms with Crippen LogP contribution in [0.15, 0.2) is 40.9 Å². The van der Waals surface area contributed by atoms with E-state index in [1.54, 1.807) is 25.3 Å². The molecule has 2 aromatic rings. The molecule has 2 N–H and O–H groups in total. The number of esters is 1. The maximum atomic E-state index is 12.1. The number of ether oxygens (including phenoxy) is 2. The van der Waals surface area contributed by atoms with Crippen LogP contribution in [-0.2, 0) is 11.3 Å². The number of halogens is 2. The number of carbonyl (C=O) groups is 1. The third-order valence-electron chi connectivity index (χ3n) is 2.81. The molecule has 0 saturated carbocycles. The van der Waals surface area contributed by atoms with Gasteiger partial charge >= 0.3 is 5.97 Å². The van der Waals surface area contributed by atoms with Crippen LogP contribution in [0.4, 0.5) is 5.69 Å². The average Bonchev–Trinajstić information content (AvgIpc) is 2.47. The molecule has 0 bridgehead atoms. The van der Waals surface area contributed by atoms with Crippen molar-refractivity contribution in [2.75, 3.05) is 12.8 Å². The highest BCUT2D eigenvalue weighted by Gasteiger charge is 2.14. The van der Waals surface area contributed by atoms with Crippen LogP contribution in [0.25, 0.3) is 0 Å². The molecule has 0 fully saturated rings. The Kier molecular flexibility index (Phi) is 5.09. The molecular weight excluding hydrogens is 358 g/mol. The molecule has 0 aliphatic carbocycles. The molecular formula is C15H13BrClNO3. The lowest BCUT2D eigenvalue weighted by Crippen LogP contribution is -2.07. The average molecular weight is 371 g/mol. The Bertz CT molecular complexity index is 676. The predicted octanol–water partition coefficient (Wildman–Crippen LogP) is 4.05. The lowest BCUT2D eigenvalue weighted by atomic mass is 10.2. The van der Waals surface area contributed by atoms with E-state index in [2.05, 4.69) is 15.9 Å². The SMILES string of the molecule is COc1ccc(Br)cc1COC(=O)c1cc(N)ccc1Cl. The smallest absolute Gasteiger partial charge is 0.340 e. The second kappa shape index (κ2) is 6.83. The fourth-order valence-electron chi connectivity index (χ4n) is 1.78. The molecule has 0 saturated heterocycles. The quantitative estimate of drug-likeness (QED) is 0.651. The maximum Gasteiger partial charge on any atom is 0.340 e. The zero-order valence-electron chi connectivity index (χ0n) is 11.2. The number of nitrogen functional groups attached to an aromatic ring is 1. The number of hydrogen-bond acceptors (Lipinski definition) is 4. The summed E-state index contributed by atoms with van der Waals surface area (Å²) in [6, 6.07) is 10.1. The molecule has 2 rings (SSSR count). The van der Waals surface area contributed by atoms with Gasteiger partial charge in [0.15, 0.2) is 0 Å². The highest BCUT2D eigenvalue weighted by atomic mass is 79.9. The van der Waals surface area contributed by atoms with Crippen molar-refractivity contribution in [1.29, 1.82) is 0 Å². The molecule has 2 aromatic carbocycles. The van der Waals surface area contributed by atoms with E-state index >= 15 is 0 Å². The first-order valence-electron chi connectivity index (χ1n) is 6.06. The topological polar surface area (TPSA) is 61.5 Å². The number of rotatable bonds is 4. The normalized spacial score (nSPS) is 10.2. The number of carbonyl (C=O) groups excluding carboxylic acids is 1. The number of hydrogen-bond donors (Lipinski definition) is 1. The van der Waals surface area contributed by atoms with Gasteiger partial charge in [0.25, 0.3) is 0 Å². The Morgan fingerprint density at radius 3 is 2.76 bits per heavy atom. The van der Waals surface area contributed by atoms with Crippen LogP contribution in [0.2, 0.25) is 5.02 Å². The molecule has 0 aliphatic rings. The van der Waals surface area contributed by atoms with Crippen molar-refractivity contribution in [3.63, 3.8) is 0 Å². The first kappa shape index (κ1) is 15.7. The first-order chi connectivity index (χ1) is 10.0. The highest BCUT2D eigenvalue weighted by molar-refractivity contribution is 9.10. The molecule has 0 atom stereocenters. The van der Waals surface area contributed by atoms with E-state index in [0.717, 1.165) is 10.0 Å². The van der Waals surface area contributed by atoms with E-state index in [1.807, 2.05) is 12.1 Å². The molecule has 0 radical (unpaired) electrons. The standard InChI is InChI=1S/C15H13BrClNO3/c1-20-14-5-2-10(16)6-9(14)8-21-15(19)12-7-11(18)3-4-13(12)17/h2-7H,8,18H2,1H3. The van der Waals surface area contributed by atoms with E-state index in [-0.39, 0.29) is 12.2 Å². The molecule has 0 aromatic heterocycles. The second-order valence-electron chi connectivity index (χ2n) is 4.27. The molecule has 6 heteroatoms. The Balaban J connectivity index is 2.14. The van der Waals surface area contributed by atoms with Crippen molar-refractivity contribution in [1.82, 2.24) is 0 Å². The van der Waals surface area contributed by atoms with Crippen LogP contribution in [0.5, 0.6) is 5.75 Å².